The van der Waals surface area contributed by atoms with E-state index in [9.17, 15) is 4.79 Å². The van der Waals surface area contributed by atoms with Crippen LogP contribution in [0.1, 0.15) is 68.1 Å². The Kier molecular flexibility index (Phi) is 8.11. The van der Waals surface area contributed by atoms with Crippen molar-refractivity contribution in [1.29, 1.82) is 0 Å². The first-order valence-corrected chi connectivity index (χ1v) is 13.5. The third-order valence-corrected chi connectivity index (χ3v) is 8.00. The molecule has 0 fully saturated rings. The van der Waals surface area contributed by atoms with E-state index in [-0.39, 0.29) is 12.1 Å². The molecule has 1 aromatic carbocycles. The van der Waals surface area contributed by atoms with Gasteiger partial charge in [0, 0.05) is 41.6 Å². The SMILES string of the molecule is CCc1ccc(NC(=O)NC(CCC(C)C)c2c(-n3cccc3)sc3c2CCN(CC)C3)cc1. The second-order valence-corrected chi connectivity index (χ2v) is 10.7. The molecule has 1 aliphatic heterocycles. The minimum absolute atomic E-state index is 0.0251. The molecule has 0 spiro atoms. The van der Waals surface area contributed by atoms with Crippen LogP contribution in [0.25, 0.3) is 5.00 Å². The van der Waals surface area contributed by atoms with E-state index in [2.05, 4.69) is 84.5 Å². The highest BCUT2D eigenvalue weighted by Gasteiger charge is 2.30. The zero-order chi connectivity index (χ0) is 24.1. The molecule has 3 aromatic rings. The normalized spacial score (nSPS) is 14.7. The zero-order valence-corrected chi connectivity index (χ0v) is 21.8. The number of carbonyl (C=O) groups is 1. The Morgan fingerprint density at radius 2 is 1.82 bits per heavy atom. The van der Waals surface area contributed by atoms with Gasteiger partial charge in [0.2, 0.25) is 0 Å². The molecule has 2 N–H and O–H groups in total. The Morgan fingerprint density at radius 1 is 1.09 bits per heavy atom. The molecule has 3 heterocycles. The first-order valence-electron chi connectivity index (χ1n) is 12.6. The van der Waals surface area contributed by atoms with E-state index < -0.39 is 0 Å². The zero-order valence-electron chi connectivity index (χ0n) is 20.9. The maximum Gasteiger partial charge on any atom is 0.319 e. The van der Waals surface area contributed by atoms with Crippen molar-refractivity contribution in [1.82, 2.24) is 14.8 Å². The smallest absolute Gasteiger partial charge is 0.319 e. The van der Waals surface area contributed by atoms with Crippen LogP contribution in [-0.4, -0.2) is 28.6 Å². The number of urea groups is 1. The topological polar surface area (TPSA) is 49.3 Å². The van der Waals surface area contributed by atoms with Crippen LogP contribution in [0, 0.1) is 5.92 Å². The van der Waals surface area contributed by atoms with Crippen molar-refractivity contribution in [2.75, 3.05) is 18.4 Å². The van der Waals surface area contributed by atoms with Gasteiger partial charge in [-0.2, -0.15) is 0 Å². The summed E-state index contributed by atoms with van der Waals surface area (Å²) in [4.78, 5) is 17.1. The van der Waals surface area contributed by atoms with Gasteiger partial charge in [-0.25, -0.2) is 4.79 Å². The molecule has 1 atom stereocenters. The second kappa shape index (κ2) is 11.2. The first-order chi connectivity index (χ1) is 16.5. The standard InChI is InChI=1S/C28H38N4OS/c1-5-21-10-12-22(13-11-21)29-28(33)30-24(14-9-20(3)4)26-23-15-18-31(6-2)19-25(23)34-27(26)32-16-7-8-17-32/h7-8,10-13,16-17,20,24H,5-6,9,14-15,18-19H2,1-4H3,(H2,29,30,33). The van der Waals surface area contributed by atoms with E-state index >= 15 is 0 Å². The Bertz CT molecular complexity index is 1070. The highest BCUT2D eigenvalue weighted by atomic mass is 32.1. The molecule has 182 valence electrons. The fraction of sp³-hybridized carbons (Fsp3) is 0.464. The van der Waals surface area contributed by atoms with Crippen LogP contribution < -0.4 is 10.6 Å². The average molecular weight is 479 g/mol. The minimum atomic E-state index is -0.137. The maximum atomic E-state index is 13.1. The van der Waals surface area contributed by atoms with E-state index in [1.54, 1.807) is 0 Å². The van der Waals surface area contributed by atoms with Gasteiger partial charge >= 0.3 is 6.03 Å². The number of aryl methyl sites for hydroxylation is 1. The fourth-order valence-electron chi connectivity index (χ4n) is 4.70. The van der Waals surface area contributed by atoms with Crippen LogP contribution in [0.15, 0.2) is 48.8 Å². The van der Waals surface area contributed by atoms with Crippen molar-refractivity contribution in [2.24, 2.45) is 5.92 Å². The number of benzene rings is 1. The van der Waals surface area contributed by atoms with Crippen LogP contribution in [0.4, 0.5) is 10.5 Å². The number of fused-ring (bicyclic) bond motifs is 1. The summed E-state index contributed by atoms with van der Waals surface area (Å²) in [6.45, 7) is 12.0. The number of nitrogens with one attached hydrogen (secondary N) is 2. The van der Waals surface area contributed by atoms with Gasteiger partial charge in [-0.3, -0.25) is 4.90 Å². The molecule has 0 saturated carbocycles. The van der Waals surface area contributed by atoms with Gasteiger partial charge in [0.1, 0.15) is 5.00 Å². The summed E-state index contributed by atoms with van der Waals surface area (Å²) < 4.78 is 2.22. The lowest BCUT2D eigenvalue weighted by atomic mass is 9.92. The van der Waals surface area contributed by atoms with Crippen LogP contribution in [0.3, 0.4) is 0 Å². The van der Waals surface area contributed by atoms with Crippen LogP contribution in [-0.2, 0) is 19.4 Å². The maximum absolute atomic E-state index is 13.1. The molecule has 0 bridgehead atoms. The third-order valence-electron chi connectivity index (χ3n) is 6.75. The Labute approximate surface area is 208 Å². The Hall–Kier alpha value is -2.57. The highest BCUT2D eigenvalue weighted by Crippen LogP contribution is 2.41. The molecule has 2 aromatic heterocycles. The third kappa shape index (κ3) is 5.73. The number of amides is 2. The number of hydrogen-bond donors (Lipinski definition) is 2. The van der Waals surface area contributed by atoms with Crippen LogP contribution in [0.5, 0.6) is 0 Å². The number of nitrogens with zero attached hydrogens (tertiary/aromatic N) is 2. The number of anilines is 1. The first kappa shape index (κ1) is 24.6. The fourth-order valence-corrected chi connectivity index (χ4v) is 6.11. The molecule has 4 rings (SSSR count). The number of aromatic nitrogens is 1. The summed E-state index contributed by atoms with van der Waals surface area (Å²) in [6, 6.07) is 12.1. The number of rotatable bonds is 9. The van der Waals surface area contributed by atoms with Crippen molar-refractivity contribution in [2.45, 2.75) is 66.0 Å². The van der Waals surface area contributed by atoms with Crippen molar-refractivity contribution in [3.63, 3.8) is 0 Å². The lowest BCUT2D eigenvalue weighted by Gasteiger charge is -2.28. The summed E-state index contributed by atoms with van der Waals surface area (Å²) in [5, 5.41) is 7.67. The van der Waals surface area contributed by atoms with E-state index in [1.165, 1.54) is 26.6 Å². The van der Waals surface area contributed by atoms with E-state index in [0.717, 1.165) is 51.0 Å². The average Bonchev–Trinajstić information content (AvgIpc) is 3.49. The lowest BCUT2D eigenvalue weighted by molar-refractivity contribution is 0.246. The van der Waals surface area contributed by atoms with Gasteiger partial charge in [0.25, 0.3) is 0 Å². The van der Waals surface area contributed by atoms with Gasteiger partial charge in [-0.05, 0) is 73.5 Å². The largest absolute Gasteiger partial charge is 0.331 e. The molecule has 6 heteroatoms. The molecule has 2 amide bonds. The van der Waals surface area contributed by atoms with Gasteiger partial charge in [-0.1, -0.05) is 39.8 Å². The molecule has 0 saturated heterocycles. The van der Waals surface area contributed by atoms with Crippen molar-refractivity contribution in [3.8, 4) is 5.00 Å². The lowest BCUT2D eigenvalue weighted by Crippen LogP contribution is -2.35. The number of carbonyl (C=O) groups excluding carboxylic acids is 1. The quantitative estimate of drug-likeness (QED) is 0.356. The minimum Gasteiger partial charge on any atom is -0.331 e. The second-order valence-electron chi connectivity index (χ2n) is 9.60. The number of thiophene rings is 1. The molecular weight excluding hydrogens is 440 g/mol. The molecular formula is C28H38N4OS. The van der Waals surface area contributed by atoms with Crippen molar-refractivity contribution >= 4 is 23.1 Å². The van der Waals surface area contributed by atoms with Crippen molar-refractivity contribution in [3.05, 3.63) is 70.4 Å². The number of hydrogen-bond acceptors (Lipinski definition) is 3. The summed E-state index contributed by atoms with van der Waals surface area (Å²) >= 11 is 1.89. The van der Waals surface area contributed by atoms with Gasteiger partial charge < -0.3 is 15.2 Å². The van der Waals surface area contributed by atoms with Crippen molar-refractivity contribution < 1.29 is 4.79 Å². The molecule has 5 nitrogen and oxygen atoms in total. The van der Waals surface area contributed by atoms with Gasteiger partial charge in [-0.15, -0.1) is 11.3 Å². The molecule has 0 radical (unpaired) electrons. The molecule has 1 aliphatic rings. The summed E-state index contributed by atoms with van der Waals surface area (Å²) in [6.07, 6.45) is 8.25. The van der Waals surface area contributed by atoms with Crippen LogP contribution >= 0.6 is 11.3 Å². The predicted octanol–water partition coefficient (Wildman–Crippen LogP) is 6.78. The van der Waals surface area contributed by atoms with Gasteiger partial charge in [0.15, 0.2) is 0 Å². The molecule has 34 heavy (non-hydrogen) atoms. The Morgan fingerprint density at radius 3 is 2.47 bits per heavy atom. The predicted molar refractivity (Wildman–Crippen MR) is 143 cm³/mol. The highest BCUT2D eigenvalue weighted by molar-refractivity contribution is 7.15. The monoisotopic (exact) mass is 478 g/mol. The summed E-state index contributed by atoms with van der Waals surface area (Å²) in [7, 11) is 0. The van der Waals surface area contributed by atoms with Crippen LogP contribution in [0.2, 0.25) is 0 Å². The summed E-state index contributed by atoms with van der Waals surface area (Å²) in [5.41, 5.74) is 4.85. The van der Waals surface area contributed by atoms with Gasteiger partial charge in [0.05, 0.1) is 6.04 Å². The van der Waals surface area contributed by atoms with E-state index in [0.29, 0.717) is 5.92 Å². The van der Waals surface area contributed by atoms with E-state index in [1.807, 2.05) is 23.5 Å². The molecule has 0 aliphatic carbocycles. The Balaban J connectivity index is 1.64. The number of likely N-dealkylation sites (N-methyl/N-ethyl adjacent to an activating group) is 1. The summed E-state index contributed by atoms with van der Waals surface area (Å²) in [5.74, 6) is 0.578. The van der Waals surface area contributed by atoms with E-state index in [4.69, 9.17) is 0 Å². The molecule has 1 unspecified atom stereocenters.